The van der Waals surface area contributed by atoms with Gasteiger partial charge < -0.3 is 11.1 Å². The van der Waals surface area contributed by atoms with Gasteiger partial charge in [0.1, 0.15) is 5.54 Å². The van der Waals surface area contributed by atoms with Crippen LogP contribution < -0.4 is 11.1 Å². The maximum absolute atomic E-state index is 12.0. The van der Waals surface area contributed by atoms with Gasteiger partial charge >= 0.3 is 0 Å². The summed E-state index contributed by atoms with van der Waals surface area (Å²) in [5.41, 5.74) is 5.68. The molecule has 2 aromatic rings. The molecule has 2 aromatic carbocycles. The highest BCUT2D eigenvalue weighted by molar-refractivity contribution is 9.10. The Morgan fingerprint density at radius 2 is 1.95 bits per heavy atom. The first-order valence-electron chi connectivity index (χ1n) is 6.12. The van der Waals surface area contributed by atoms with E-state index in [1.165, 1.54) is 0 Å². The van der Waals surface area contributed by atoms with Gasteiger partial charge in [-0.05, 0) is 43.3 Å². The van der Waals surface area contributed by atoms with Crippen LogP contribution in [0.25, 0.3) is 0 Å². The van der Waals surface area contributed by atoms with E-state index < -0.39 is 11.4 Å². The van der Waals surface area contributed by atoms with Gasteiger partial charge in [0.2, 0.25) is 5.91 Å². The van der Waals surface area contributed by atoms with Crippen LogP contribution in [0.1, 0.15) is 12.5 Å². The van der Waals surface area contributed by atoms with E-state index in [4.69, 9.17) is 28.9 Å². The van der Waals surface area contributed by atoms with Crippen molar-refractivity contribution < 1.29 is 4.79 Å². The smallest absolute Gasteiger partial charge is 0.247 e. The molecular weight excluding hydrogens is 375 g/mol. The molecule has 0 spiro atoms. The fraction of sp³-hybridized carbons (Fsp3) is 0.133. The van der Waals surface area contributed by atoms with Crippen LogP contribution in [0.3, 0.4) is 0 Å². The molecule has 0 fully saturated rings. The summed E-state index contributed by atoms with van der Waals surface area (Å²) < 4.78 is 0.886. The summed E-state index contributed by atoms with van der Waals surface area (Å²) >= 11 is 15.6. The van der Waals surface area contributed by atoms with Crippen molar-refractivity contribution >= 4 is 50.7 Å². The first kappa shape index (κ1) is 16.1. The fourth-order valence-electron chi connectivity index (χ4n) is 2.00. The number of hydrogen-bond donors (Lipinski definition) is 2. The van der Waals surface area contributed by atoms with E-state index in [1.807, 2.05) is 24.3 Å². The quantitative estimate of drug-likeness (QED) is 0.807. The lowest BCUT2D eigenvalue weighted by molar-refractivity contribution is -0.122. The molecule has 1 amide bonds. The summed E-state index contributed by atoms with van der Waals surface area (Å²) in [6.07, 6.45) is 0. The normalized spacial score (nSPS) is 13.5. The Hall–Kier alpha value is -1.23. The van der Waals surface area contributed by atoms with Gasteiger partial charge in [-0.1, -0.05) is 45.2 Å². The molecule has 3 nitrogen and oxygen atoms in total. The lowest BCUT2D eigenvalue weighted by Gasteiger charge is -2.30. The number of hydrogen-bond acceptors (Lipinski definition) is 2. The number of halogens is 3. The van der Waals surface area contributed by atoms with Gasteiger partial charge in [0.05, 0.1) is 0 Å². The molecule has 1 unspecified atom stereocenters. The Morgan fingerprint density at radius 3 is 2.57 bits per heavy atom. The van der Waals surface area contributed by atoms with Crippen molar-refractivity contribution in [2.75, 3.05) is 5.32 Å². The third-order valence-corrected chi connectivity index (χ3v) is 4.24. The summed E-state index contributed by atoms with van der Waals surface area (Å²) in [6.45, 7) is 1.67. The molecule has 6 heteroatoms. The minimum atomic E-state index is -1.18. The van der Waals surface area contributed by atoms with Gasteiger partial charge in [-0.3, -0.25) is 4.79 Å². The number of anilines is 1. The van der Waals surface area contributed by atoms with Crippen LogP contribution in [-0.4, -0.2) is 5.91 Å². The van der Waals surface area contributed by atoms with Crippen molar-refractivity contribution in [2.24, 2.45) is 5.73 Å². The number of primary amides is 1. The summed E-state index contributed by atoms with van der Waals surface area (Å²) in [4.78, 5) is 12.0. The molecule has 0 aliphatic carbocycles. The molecule has 1 atom stereocenters. The van der Waals surface area contributed by atoms with E-state index in [2.05, 4.69) is 21.2 Å². The highest BCUT2D eigenvalue weighted by Crippen LogP contribution is 2.33. The van der Waals surface area contributed by atoms with Gasteiger partial charge in [-0.2, -0.15) is 0 Å². The molecule has 0 aromatic heterocycles. The van der Waals surface area contributed by atoms with Crippen LogP contribution in [-0.2, 0) is 10.3 Å². The minimum Gasteiger partial charge on any atom is -0.368 e. The van der Waals surface area contributed by atoms with Gasteiger partial charge in [-0.25, -0.2) is 0 Å². The molecule has 0 heterocycles. The molecule has 0 saturated carbocycles. The van der Waals surface area contributed by atoms with E-state index in [9.17, 15) is 4.79 Å². The SMILES string of the molecule is CC(Nc1cccc(Br)c1)(C(N)=O)c1cc(Cl)ccc1Cl. The van der Waals surface area contributed by atoms with E-state index in [1.54, 1.807) is 25.1 Å². The molecule has 0 aliphatic rings. The van der Waals surface area contributed by atoms with Gasteiger partial charge in [0.25, 0.3) is 0 Å². The molecule has 0 saturated heterocycles. The zero-order valence-electron chi connectivity index (χ0n) is 11.2. The number of benzene rings is 2. The average molecular weight is 388 g/mol. The highest BCUT2D eigenvalue weighted by Gasteiger charge is 2.35. The number of rotatable bonds is 4. The van der Waals surface area contributed by atoms with E-state index >= 15 is 0 Å². The maximum atomic E-state index is 12.0. The average Bonchev–Trinajstić information content (AvgIpc) is 2.41. The Morgan fingerprint density at radius 1 is 1.24 bits per heavy atom. The first-order chi connectivity index (χ1) is 9.83. The lowest BCUT2D eigenvalue weighted by atomic mass is 9.90. The zero-order valence-corrected chi connectivity index (χ0v) is 14.3. The number of nitrogens with two attached hydrogens (primary N) is 1. The lowest BCUT2D eigenvalue weighted by Crippen LogP contribution is -2.45. The Balaban J connectivity index is 2.50. The fourth-order valence-corrected chi connectivity index (χ4v) is 2.88. The summed E-state index contributed by atoms with van der Waals surface area (Å²) in [7, 11) is 0. The van der Waals surface area contributed by atoms with Crippen molar-refractivity contribution in [3.63, 3.8) is 0 Å². The molecule has 21 heavy (non-hydrogen) atoms. The molecule has 110 valence electrons. The number of amides is 1. The topological polar surface area (TPSA) is 55.1 Å². The van der Waals surface area contributed by atoms with Crippen molar-refractivity contribution in [3.8, 4) is 0 Å². The van der Waals surface area contributed by atoms with Crippen molar-refractivity contribution in [1.82, 2.24) is 0 Å². The number of carbonyl (C=O) groups is 1. The van der Waals surface area contributed by atoms with Crippen LogP contribution in [0.4, 0.5) is 5.69 Å². The third-order valence-electron chi connectivity index (χ3n) is 3.18. The molecule has 0 aliphatic heterocycles. The van der Waals surface area contributed by atoms with Gasteiger partial charge in [0, 0.05) is 25.8 Å². The van der Waals surface area contributed by atoms with Crippen LogP contribution in [0, 0.1) is 0 Å². The first-order valence-corrected chi connectivity index (χ1v) is 7.67. The Bertz CT molecular complexity index is 693. The molecular formula is C15H13BrCl2N2O. The van der Waals surface area contributed by atoms with Crippen molar-refractivity contribution in [2.45, 2.75) is 12.5 Å². The summed E-state index contributed by atoms with van der Waals surface area (Å²) in [5.74, 6) is -0.549. The summed E-state index contributed by atoms with van der Waals surface area (Å²) in [6, 6.07) is 12.4. The van der Waals surface area contributed by atoms with Crippen molar-refractivity contribution in [1.29, 1.82) is 0 Å². The van der Waals surface area contributed by atoms with Gasteiger partial charge in [0.15, 0.2) is 0 Å². The van der Waals surface area contributed by atoms with Crippen LogP contribution in [0.2, 0.25) is 10.0 Å². The molecule has 3 N–H and O–H groups in total. The molecule has 0 radical (unpaired) electrons. The van der Waals surface area contributed by atoms with Crippen molar-refractivity contribution in [3.05, 3.63) is 62.5 Å². The standard InChI is InChI=1S/C15H13BrCl2N2O/c1-15(14(19)21,12-8-10(17)5-6-13(12)18)20-11-4-2-3-9(16)7-11/h2-8,20H,1H3,(H2,19,21). The minimum absolute atomic E-state index is 0.420. The highest BCUT2D eigenvalue weighted by atomic mass is 79.9. The van der Waals surface area contributed by atoms with Crippen LogP contribution in [0.15, 0.2) is 46.9 Å². The van der Waals surface area contributed by atoms with Crippen LogP contribution >= 0.6 is 39.1 Å². The Labute approximate surface area is 141 Å². The zero-order chi connectivity index (χ0) is 15.6. The molecule has 2 rings (SSSR count). The van der Waals surface area contributed by atoms with E-state index in [-0.39, 0.29) is 0 Å². The maximum Gasteiger partial charge on any atom is 0.247 e. The largest absolute Gasteiger partial charge is 0.368 e. The predicted octanol–water partition coefficient (Wildman–Crippen LogP) is 4.57. The van der Waals surface area contributed by atoms with Crippen LogP contribution in [0.5, 0.6) is 0 Å². The monoisotopic (exact) mass is 386 g/mol. The predicted molar refractivity (Wildman–Crippen MR) is 90.8 cm³/mol. The number of nitrogens with one attached hydrogen (secondary N) is 1. The Kier molecular flexibility index (Phi) is 4.81. The third kappa shape index (κ3) is 3.51. The summed E-state index contributed by atoms with van der Waals surface area (Å²) in [5, 5.41) is 4.04. The second-order valence-electron chi connectivity index (χ2n) is 4.75. The van der Waals surface area contributed by atoms with Gasteiger partial charge in [-0.15, -0.1) is 0 Å². The number of carbonyl (C=O) groups excluding carboxylic acids is 1. The van der Waals surface area contributed by atoms with E-state index in [0.717, 1.165) is 10.2 Å². The molecule has 0 bridgehead atoms. The second kappa shape index (κ2) is 6.26. The van der Waals surface area contributed by atoms with E-state index in [0.29, 0.717) is 15.6 Å². The second-order valence-corrected chi connectivity index (χ2v) is 6.51.